The van der Waals surface area contributed by atoms with Crippen molar-refractivity contribution in [1.29, 1.82) is 0 Å². The number of hydrogen-bond donors (Lipinski definition) is 1. The minimum Gasteiger partial charge on any atom is -0.454 e. The van der Waals surface area contributed by atoms with Crippen LogP contribution < -0.4 is 5.32 Å². The lowest BCUT2D eigenvalue weighted by Gasteiger charge is -2.37. The van der Waals surface area contributed by atoms with E-state index in [0.29, 0.717) is 6.42 Å². The Hall–Kier alpha value is -2.23. The molecule has 1 heterocycles. The molecule has 1 saturated heterocycles. The average Bonchev–Trinajstić information content (AvgIpc) is 2.80. The lowest BCUT2D eigenvalue weighted by molar-refractivity contribution is -0.164. The van der Waals surface area contributed by atoms with Crippen molar-refractivity contribution in [2.45, 2.75) is 96.0 Å². The number of piperidine rings is 1. The Labute approximate surface area is 189 Å². The quantitative estimate of drug-likeness (QED) is 0.251. The molecule has 3 nitrogen and oxygen atoms in total. The first kappa shape index (κ1) is 25.0. The Kier molecular flexibility index (Phi) is 12.6. The first-order valence-corrected chi connectivity index (χ1v) is 12.2. The summed E-state index contributed by atoms with van der Waals surface area (Å²) in [6, 6.07) is 10.2. The fourth-order valence-corrected chi connectivity index (χ4v) is 3.96. The Morgan fingerprint density at radius 1 is 0.903 bits per heavy atom. The molecule has 0 saturated carbocycles. The van der Waals surface area contributed by atoms with Crippen LogP contribution in [0.1, 0.15) is 96.0 Å². The highest BCUT2D eigenvalue weighted by atomic mass is 16.6. The van der Waals surface area contributed by atoms with Crippen LogP contribution in [0, 0.1) is 23.7 Å². The van der Waals surface area contributed by atoms with Crippen molar-refractivity contribution in [2.24, 2.45) is 0 Å². The highest BCUT2D eigenvalue weighted by molar-refractivity contribution is 5.70. The van der Waals surface area contributed by atoms with E-state index in [1.807, 2.05) is 18.2 Å². The molecule has 1 N–H and O–H groups in total. The molecule has 1 aromatic carbocycles. The molecule has 0 aliphatic carbocycles. The molecule has 0 amide bonds. The molecular weight excluding hydrogens is 382 g/mol. The summed E-state index contributed by atoms with van der Waals surface area (Å²) in [5.74, 6) is 12.1. The van der Waals surface area contributed by atoms with Gasteiger partial charge in [0, 0.05) is 32.1 Å². The zero-order chi connectivity index (χ0) is 22.0. The Morgan fingerprint density at radius 2 is 1.52 bits per heavy atom. The summed E-state index contributed by atoms with van der Waals surface area (Å²) in [7, 11) is 0. The van der Waals surface area contributed by atoms with Crippen LogP contribution in [0.2, 0.25) is 0 Å². The maximum absolute atomic E-state index is 12.5. The summed E-state index contributed by atoms with van der Waals surface area (Å²) in [5, 5.41) is 3.37. The molecule has 168 valence electrons. The van der Waals surface area contributed by atoms with E-state index < -0.39 is 5.60 Å². The summed E-state index contributed by atoms with van der Waals surface area (Å²) in [6.45, 7) is 3.95. The van der Waals surface area contributed by atoms with E-state index in [1.165, 1.54) is 25.7 Å². The minimum atomic E-state index is -0.453. The van der Waals surface area contributed by atoms with Crippen LogP contribution in [0.25, 0.3) is 0 Å². The molecule has 0 atom stereocenters. The van der Waals surface area contributed by atoms with Crippen molar-refractivity contribution in [3.63, 3.8) is 0 Å². The van der Waals surface area contributed by atoms with E-state index >= 15 is 0 Å². The summed E-state index contributed by atoms with van der Waals surface area (Å²) < 4.78 is 6.07. The molecule has 2 rings (SSSR count). The van der Waals surface area contributed by atoms with Gasteiger partial charge in [0.1, 0.15) is 5.60 Å². The molecule has 31 heavy (non-hydrogen) atoms. The first-order valence-electron chi connectivity index (χ1n) is 12.2. The van der Waals surface area contributed by atoms with Crippen LogP contribution in [0.3, 0.4) is 0 Å². The fourth-order valence-electron chi connectivity index (χ4n) is 3.96. The monoisotopic (exact) mass is 421 g/mol. The molecule has 0 unspecified atom stereocenters. The van der Waals surface area contributed by atoms with Gasteiger partial charge in [0.2, 0.25) is 0 Å². The smallest absolute Gasteiger partial charge is 0.306 e. The van der Waals surface area contributed by atoms with E-state index in [4.69, 9.17) is 4.74 Å². The first-order chi connectivity index (χ1) is 15.3. The van der Waals surface area contributed by atoms with Gasteiger partial charge in [0.25, 0.3) is 0 Å². The third-order valence-electron chi connectivity index (χ3n) is 5.85. The summed E-state index contributed by atoms with van der Waals surface area (Å²) in [6.07, 6.45) is 13.2. The Bertz CT molecular complexity index is 742. The second kappa shape index (κ2) is 15.6. The van der Waals surface area contributed by atoms with Crippen LogP contribution >= 0.6 is 0 Å². The third-order valence-corrected chi connectivity index (χ3v) is 5.85. The lowest BCUT2D eigenvalue weighted by atomic mass is 9.84. The standard InChI is InChI=1S/C28H39NO2/c1-2-3-4-5-6-7-8-9-10-11-12-13-14-18-21-27(30)31-28(22-24-29-25-23-28)26-19-16-15-17-20-26/h15-17,19-20,29H,2-4,9-14,18,21-25H2,1H3. The second-order valence-electron chi connectivity index (χ2n) is 8.41. The van der Waals surface area contributed by atoms with Gasteiger partial charge in [-0.2, -0.15) is 0 Å². The molecule has 3 heteroatoms. The maximum atomic E-state index is 12.5. The lowest BCUT2D eigenvalue weighted by Crippen LogP contribution is -2.43. The van der Waals surface area contributed by atoms with Gasteiger partial charge >= 0.3 is 5.97 Å². The predicted molar refractivity (Wildman–Crippen MR) is 128 cm³/mol. The number of unbranched alkanes of at least 4 members (excludes halogenated alkanes) is 8. The molecular formula is C28H39NO2. The van der Waals surface area contributed by atoms with Crippen LogP contribution in [0.15, 0.2) is 30.3 Å². The van der Waals surface area contributed by atoms with Crippen molar-refractivity contribution in [1.82, 2.24) is 5.32 Å². The number of esters is 1. The van der Waals surface area contributed by atoms with Crippen molar-refractivity contribution >= 4 is 5.97 Å². The minimum absolute atomic E-state index is 0.0546. The molecule has 1 aliphatic heterocycles. The van der Waals surface area contributed by atoms with Gasteiger partial charge in [-0.05, 0) is 49.8 Å². The molecule has 0 aromatic heterocycles. The van der Waals surface area contributed by atoms with Crippen molar-refractivity contribution in [3.8, 4) is 23.7 Å². The summed E-state index contributed by atoms with van der Waals surface area (Å²) in [4.78, 5) is 12.5. The van der Waals surface area contributed by atoms with E-state index in [9.17, 15) is 4.79 Å². The van der Waals surface area contributed by atoms with Crippen molar-refractivity contribution < 1.29 is 9.53 Å². The predicted octanol–water partition coefficient (Wildman–Crippen LogP) is 6.13. The van der Waals surface area contributed by atoms with E-state index in [-0.39, 0.29) is 5.97 Å². The number of carbonyl (C=O) groups is 1. The average molecular weight is 422 g/mol. The van der Waals surface area contributed by atoms with Crippen LogP contribution in [0.4, 0.5) is 0 Å². The molecule has 0 radical (unpaired) electrons. The number of ether oxygens (including phenoxy) is 1. The Morgan fingerprint density at radius 3 is 2.19 bits per heavy atom. The Balaban J connectivity index is 1.56. The zero-order valence-corrected chi connectivity index (χ0v) is 19.3. The third kappa shape index (κ3) is 10.1. The molecule has 0 bridgehead atoms. The zero-order valence-electron chi connectivity index (χ0n) is 19.3. The van der Waals surface area contributed by atoms with E-state index in [1.54, 1.807) is 0 Å². The van der Waals surface area contributed by atoms with Gasteiger partial charge < -0.3 is 10.1 Å². The highest BCUT2D eigenvalue weighted by Gasteiger charge is 2.37. The van der Waals surface area contributed by atoms with Gasteiger partial charge in [0.05, 0.1) is 0 Å². The maximum Gasteiger partial charge on any atom is 0.306 e. The van der Waals surface area contributed by atoms with E-state index in [2.05, 4.69) is 48.1 Å². The van der Waals surface area contributed by atoms with Crippen LogP contribution in [-0.2, 0) is 15.1 Å². The number of rotatable bonds is 12. The number of hydrogen-bond acceptors (Lipinski definition) is 3. The molecule has 0 spiro atoms. The van der Waals surface area contributed by atoms with Gasteiger partial charge in [-0.1, -0.05) is 81.2 Å². The van der Waals surface area contributed by atoms with Gasteiger partial charge in [0.15, 0.2) is 0 Å². The van der Waals surface area contributed by atoms with Crippen LogP contribution in [0.5, 0.6) is 0 Å². The molecule has 1 aliphatic rings. The molecule has 1 fully saturated rings. The van der Waals surface area contributed by atoms with Crippen molar-refractivity contribution in [3.05, 3.63) is 35.9 Å². The van der Waals surface area contributed by atoms with Gasteiger partial charge in [-0.15, -0.1) is 0 Å². The summed E-state index contributed by atoms with van der Waals surface area (Å²) in [5.41, 5.74) is 0.672. The number of benzene rings is 1. The van der Waals surface area contributed by atoms with E-state index in [0.717, 1.165) is 70.0 Å². The topological polar surface area (TPSA) is 38.3 Å². The SMILES string of the molecule is CCCCC#CC#CCCCCCCCCC(=O)OC1(c2ccccc2)CCNCC1. The number of carbonyl (C=O) groups excluding carboxylic acids is 1. The largest absolute Gasteiger partial charge is 0.454 e. The van der Waals surface area contributed by atoms with Crippen molar-refractivity contribution in [2.75, 3.05) is 13.1 Å². The fraction of sp³-hybridized carbons (Fsp3) is 0.607. The molecule has 1 aromatic rings. The van der Waals surface area contributed by atoms with Gasteiger partial charge in [-0.3, -0.25) is 4.79 Å². The summed E-state index contributed by atoms with van der Waals surface area (Å²) >= 11 is 0. The second-order valence-corrected chi connectivity index (χ2v) is 8.41. The van der Waals surface area contributed by atoms with Crippen LogP contribution in [-0.4, -0.2) is 19.1 Å². The number of nitrogens with one attached hydrogen (secondary N) is 1. The van der Waals surface area contributed by atoms with Gasteiger partial charge in [-0.25, -0.2) is 0 Å². The highest BCUT2D eigenvalue weighted by Crippen LogP contribution is 2.35. The normalized spacial score (nSPS) is 14.6.